The van der Waals surface area contributed by atoms with Gasteiger partial charge < -0.3 is 14.2 Å². The lowest BCUT2D eigenvalue weighted by molar-refractivity contribution is -0.167. The fourth-order valence-corrected chi connectivity index (χ4v) is 9.99. The van der Waals surface area contributed by atoms with Crippen LogP contribution in [0.25, 0.3) is 0 Å². The van der Waals surface area contributed by atoms with Gasteiger partial charge in [-0.2, -0.15) is 0 Å². The van der Waals surface area contributed by atoms with Gasteiger partial charge in [-0.3, -0.25) is 14.4 Å². The summed E-state index contributed by atoms with van der Waals surface area (Å²) in [5.41, 5.74) is 0. The molecule has 0 radical (unpaired) electrons. The van der Waals surface area contributed by atoms with Crippen LogP contribution in [0.3, 0.4) is 0 Å². The molecule has 0 saturated carbocycles. The highest BCUT2D eigenvalue weighted by molar-refractivity contribution is 5.71. The first-order valence-electron chi connectivity index (χ1n) is 35.4. The summed E-state index contributed by atoms with van der Waals surface area (Å²) in [6, 6.07) is 0. The highest BCUT2D eigenvalue weighted by Crippen LogP contribution is 2.17. The molecule has 83 heavy (non-hydrogen) atoms. The molecule has 1 unspecified atom stereocenters. The predicted molar refractivity (Wildman–Crippen MR) is 362 cm³/mol. The van der Waals surface area contributed by atoms with E-state index in [0.29, 0.717) is 19.3 Å². The zero-order valence-corrected chi connectivity index (χ0v) is 54.7. The quantitative estimate of drug-likeness (QED) is 0.0261. The van der Waals surface area contributed by atoms with Gasteiger partial charge in [0.1, 0.15) is 13.2 Å². The van der Waals surface area contributed by atoms with Gasteiger partial charge in [-0.15, -0.1) is 0 Å². The van der Waals surface area contributed by atoms with E-state index < -0.39 is 6.10 Å². The molecule has 476 valence electrons. The lowest BCUT2D eigenvalue weighted by Gasteiger charge is -2.18. The topological polar surface area (TPSA) is 78.9 Å². The molecule has 6 nitrogen and oxygen atoms in total. The monoisotopic (exact) mass is 1150 g/mol. The molecule has 0 aromatic heterocycles. The Morgan fingerprint density at radius 2 is 0.470 bits per heavy atom. The SMILES string of the molecule is CC/C=C\C/C=C\C/C=C\C/C=C\C/C=C\C/C=C\C/C=C\C/C=C\CCCCCCCCC(=O)OCC(COC(=O)CCCCCCC)OC(=O)CCCCCCCCCCCCCCCCCCC/C=C\CCCCCCCCCC. The summed E-state index contributed by atoms with van der Waals surface area (Å²) in [5, 5.41) is 0. The van der Waals surface area contributed by atoms with Crippen molar-refractivity contribution < 1.29 is 28.6 Å². The second kappa shape index (κ2) is 70.6. The van der Waals surface area contributed by atoms with Crippen molar-refractivity contribution in [1.29, 1.82) is 0 Å². The summed E-state index contributed by atoms with van der Waals surface area (Å²) in [5.74, 6) is -0.900. The lowest BCUT2D eigenvalue weighted by Crippen LogP contribution is -2.30. The fourth-order valence-electron chi connectivity index (χ4n) is 9.99. The van der Waals surface area contributed by atoms with E-state index in [1.54, 1.807) is 0 Å². The van der Waals surface area contributed by atoms with Crippen molar-refractivity contribution in [3.8, 4) is 0 Å². The van der Waals surface area contributed by atoms with Gasteiger partial charge in [-0.05, 0) is 109 Å². The Labute approximate surface area is 514 Å². The van der Waals surface area contributed by atoms with Crippen molar-refractivity contribution in [1.82, 2.24) is 0 Å². The number of allylic oxidation sites excluding steroid dienone is 18. The van der Waals surface area contributed by atoms with Gasteiger partial charge in [-0.25, -0.2) is 0 Å². The van der Waals surface area contributed by atoms with Crippen LogP contribution in [0, 0.1) is 0 Å². The molecule has 0 aliphatic heterocycles. The number of rotatable bonds is 64. The Morgan fingerprint density at radius 3 is 0.747 bits per heavy atom. The summed E-state index contributed by atoms with van der Waals surface area (Å²) >= 11 is 0. The van der Waals surface area contributed by atoms with E-state index >= 15 is 0 Å². The Kier molecular flexibility index (Phi) is 67.2. The minimum absolute atomic E-state index is 0.0817. The molecule has 0 aliphatic carbocycles. The van der Waals surface area contributed by atoms with Gasteiger partial charge in [0.15, 0.2) is 6.10 Å². The summed E-state index contributed by atoms with van der Waals surface area (Å²) < 4.78 is 16.8. The molecule has 0 saturated heterocycles. The molecule has 0 aromatic carbocycles. The molecule has 0 aromatic rings. The second-order valence-corrected chi connectivity index (χ2v) is 23.4. The number of hydrogen-bond donors (Lipinski definition) is 0. The van der Waals surface area contributed by atoms with Crippen LogP contribution in [0.4, 0.5) is 0 Å². The smallest absolute Gasteiger partial charge is 0.306 e. The van der Waals surface area contributed by atoms with Crippen molar-refractivity contribution in [2.75, 3.05) is 13.2 Å². The molecule has 0 aliphatic rings. The summed E-state index contributed by atoms with van der Waals surface area (Å²) in [6.45, 7) is 6.46. The van der Waals surface area contributed by atoms with Crippen molar-refractivity contribution in [3.63, 3.8) is 0 Å². The van der Waals surface area contributed by atoms with Crippen molar-refractivity contribution in [2.24, 2.45) is 0 Å². The first-order valence-corrected chi connectivity index (χ1v) is 35.4. The number of carbonyl (C=O) groups excluding carboxylic acids is 3. The van der Waals surface area contributed by atoms with Crippen LogP contribution in [-0.2, 0) is 28.6 Å². The van der Waals surface area contributed by atoms with Gasteiger partial charge in [0.05, 0.1) is 0 Å². The third-order valence-electron chi connectivity index (χ3n) is 15.3. The van der Waals surface area contributed by atoms with Crippen molar-refractivity contribution in [2.45, 2.75) is 348 Å². The number of ether oxygens (including phenoxy) is 3. The second-order valence-electron chi connectivity index (χ2n) is 23.4. The maximum atomic E-state index is 12.9. The largest absolute Gasteiger partial charge is 0.462 e. The van der Waals surface area contributed by atoms with Crippen molar-refractivity contribution in [3.05, 3.63) is 109 Å². The van der Waals surface area contributed by atoms with Gasteiger partial charge >= 0.3 is 17.9 Å². The van der Waals surface area contributed by atoms with E-state index in [0.717, 1.165) is 128 Å². The van der Waals surface area contributed by atoms with E-state index in [-0.39, 0.29) is 31.1 Å². The molecule has 0 fully saturated rings. The molecule has 0 rings (SSSR count). The molecule has 1 atom stereocenters. The molecule has 6 heteroatoms. The Morgan fingerprint density at radius 1 is 0.253 bits per heavy atom. The Hall–Kier alpha value is -3.93. The summed E-state index contributed by atoms with van der Waals surface area (Å²) in [6.07, 6.45) is 97.4. The Balaban J connectivity index is 4.03. The first kappa shape index (κ1) is 79.1. The van der Waals surface area contributed by atoms with E-state index in [4.69, 9.17) is 14.2 Å². The highest BCUT2D eigenvalue weighted by atomic mass is 16.6. The zero-order chi connectivity index (χ0) is 59.9. The van der Waals surface area contributed by atoms with Crippen LogP contribution in [0.2, 0.25) is 0 Å². The molecule has 0 amide bonds. The minimum atomic E-state index is -0.782. The van der Waals surface area contributed by atoms with Crippen LogP contribution in [0.15, 0.2) is 109 Å². The summed E-state index contributed by atoms with van der Waals surface area (Å²) in [7, 11) is 0. The number of unbranched alkanes of at least 4 members (excludes halogenated alkanes) is 35. The van der Waals surface area contributed by atoms with Crippen LogP contribution in [0.5, 0.6) is 0 Å². The fraction of sp³-hybridized carbons (Fsp3) is 0.727. The standard InChI is InChI=1S/C77H132O6/c1-4-7-10-13-15-17-19-21-23-25-27-29-31-33-35-37-38-40-41-43-45-47-49-51-53-55-57-59-61-64-67-70-76(79)82-73-74(72-81-75(78)69-66-63-12-9-6-3)83-77(80)71-68-65-62-60-58-56-54-52-50-48-46-44-42-39-36-34-32-30-28-26-24-22-20-18-16-14-11-8-5-2/h7,10,15,17,21,23,26-29,33,35,38,40,43,45,49,51,74H,4-6,8-9,11-14,16,18-20,22,24-25,30-32,34,36-37,39,41-42,44,46-48,50,52-73H2,1-3H3/b10-7-,17-15-,23-21-,28-26-,29-27-,35-33-,40-38-,45-43-,51-49-. The number of hydrogen-bond acceptors (Lipinski definition) is 6. The maximum absolute atomic E-state index is 12.9. The lowest BCUT2D eigenvalue weighted by atomic mass is 10.0. The molecule has 0 heterocycles. The zero-order valence-electron chi connectivity index (χ0n) is 54.7. The molecular weight excluding hydrogens is 1020 g/mol. The van der Waals surface area contributed by atoms with Gasteiger partial charge in [-0.1, -0.05) is 323 Å². The van der Waals surface area contributed by atoms with E-state index in [9.17, 15) is 14.4 Å². The van der Waals surface area contributed by atoms with Crippen LogP contribution in [0.1, 0.15) is 342 Å². The number of esters is 3. The first-order chi connectivity index (χ1) is 41.0. The molecular formula is C77H132O6. The number of carbonyl (C=O) groups is 3. The average Bonchev–Trinajstić information content (AvgIpc) is 3.49. The minimum Gasteiger partial charge on any atom is -0.462 e. The van der Waals surface area contributed by atoms with Gasteiger partial charge in [0, 0.05) is 19.3 Å². The third-order valence-corrected chi connectivity index (χ3v) is 15.3. The van der Waals surface area contributed by atoms with Crippen molar-refractivity contribution >= 4 is 17.9 Å². The molecule has 0 bridgehead atoms. The summed E-state index contributed by atoms with van der Waals surface area (Å²) in [4.78, 5) is 38.0. The molecule has 0 N–H and O–H groups in total. The van der Waals surface area contributed by atoms with E-state index in [1.165, 1.54) is 173 Å². The Bertz CT molecular complexity index is 1660. The van der Waals surface area contributed by atoms with Crippen LogP contribution < -0.4 is 0 Å². The van der Waals surface area contributed by atoms with E-state index in [1.807, 2.05) is 0 Å². The van der Waals surface area contributed by atoms with Gasteiger partial charge in [0.25, 0.3) is 0 Å². The average molecular weight is 1150 g/mol. The van der Waals surface area contributed by atoms with Crippen LogP contribution >= 0.6 is 0 Å². The highest BCUT2D eigenvalue weighted by Gasteiger charge is 2.19. The normalized spacial score (nSPS) is 12.8. The van der Waals surface area contributed by atoms with E-state index in [2.05, 4.69) is 130 Å². The molecule has 0 spiro atoms. The van der Waals surface area contributed by atoms with Crippen LogP contribution in [-0.4, -0.2) is 37.2 Å². The third kappa shape index (κ3) is 68.7. The predicted octanol–water partition coefficient (Wildman–Crippen LogP) is 24.6. The van der Waals surface area contributed by atoms with Gasteiger partial charge in [0.2, 0.25) is 0 Å². The maximum Gasteiger partial charge on any atom is 0.306 e.